The predicted molar refractivity (Wildman–Crippen MR) is 275 cm³/mol. The number of fused-ring (bicyclic) bond motifs is 1. The smallest absolute Gasteiger partial charge is 0.246 e. The van der Waals surface area contributed by atoms with Gasteiger partial charge in [0.05, 0.1) is 12.6 Å². The molecule has 0 unspecified atom stereocenters. The van der Waals surface area contributed by atoms with Crippen molar-refractivity contribution in [3.05, 3.63) is 71.9 Å². The van der Waals surface area contributed by atoms with Gasteiger partial charge in [0.15, 0.2) is 11.7 Å². The van der Waals surface area contributed by atoms with Gasteiger partial charge in [0.2, 0.25) is 47.3 Å². The molecular weight excluding hydrogens is 981 g/mol. The van der Waals surface area contributed by atoms with Gasteiger partial charge in [-0.3, -0.25) is 48.6 Å². The lowest BCUT2D eigenvalue weighted by atomic mass is 10.0. The molecule has 8 atom stereocenters. The first-order valence-corrected chi connectivity index (χ1v) is 27.0. The van der Waals surface area contributed by atoms with E-state index in [2.05, 4.69) is 42.2 Å². The molecule has 0 saturated carbocycles. The Balaban J connectivity index is 1.38. The Bertz CT molecular complexity index is 2500. The van der Waals surface area contributed by atoms with Gasteiger partial charge in [0, 0.05) is 68.0 Å². The van der Waals surface area contributed by atoms with Crippen LogP contribution in [0, 0.1) is 5.41 Å². The first-order valence-electron chi connectivity index (χ1n) is 24.5. The second-order valence-corrected chi connectivity index (χ2v) is 21.0. The normalized spacial score (nSPS) is 25.1. The number of likely N-dealkylation sites (tertiary alicyclic amines) is 2. The fraction of sp³-hybridized carbons (Fsp3) is 0.510. The molecule has 6 rings (SSSR count). The summed E-state index contributed by atoms with van der Waals surface area (Å²) in [5, 5.41) is 37.6. The van der Waals surface area contributed by atoms with E-state index in [1.54, 1.807) is 36.5 Å². The molecule has 0 aliphatic carbocycles. The number of hydrogen-bond donors (Lipinski definition) is 11. The van der Waals surface area contributed by atoms with Crippen LogP contribution >= 0.6 is 21.6 Å². The molecule has 0 radical (unpaired) electrons. The van der Waals surface area contributed by atoms with E-state index in [9.17, 15) is 48.3 Å². The highest BCUT2D eigenvalue weighted by atomic mass is 33.1. The van der Waals surface area contributed by atoms with Crippen molar-refractivity contribution in [1.82, 2.24) is 52.0 Å². The van der Waals surface area contributed by atoms with Gasteiger partial charge in [-0.1, -0.05) is 70.1 Å². The minimum absolute atomic E-state index is 0.0325. The van der Waals surface area contributed by atoms with Gasteiger partial charge in [0.25, 0.3) is 0 Å². The van der Waals surface area contributed by atoms with Crippen molar-refractivity contribution in [3.63, 3.8) is 0 Å². The summed E-state index contributed by atoms with van der Waals surface area (Å²) in [4.78, 5) is 132. The Morgan fingerprint density at radius 2 is 1.33 bits per heavy atom. The van der Waals surface area contributed by atoms with Crippen molar-refractivity contribution >= 4 is 91.5 Å². The first-order chi connectivity index (χ1) is 35.0. The molecule has 3 aliphatic heterocycles. The van der Waals surface area contributed by atoms with Crippen molar-refractivity contribution in [3.8, 4) is 0 Å². The number of Topliss-reactive ketones (excluding diaryl/α,β-unsaturated/α-hetero) is 1. The van der Waals surface area contributed by atoms with Gasteiger partial charge < -0.3 is 62.8 Å². The van der Waals surface area contributed by atoms with Gasteiger partial charge in [-0.05, 0) is 69.1 Å². The summed E-state index contributed by atoms with van der Waals surface area (Å²) in [6, 6.07) is 6.45. The number of carbonyl (C=O) groups excluding carboxylic acids is 9. The van der Waals surface area contributed by atoms with Crippen molar-refractivity contribution in [2.24, 2.45) is 5.73 Å². The predicted octanol–water partition coefficient (Wildman–Crippen LogP) is -0.507. The van der Waals surface area contributed by atoms with E-state index in [1.165, 1.54) is 45.2 Å². The van der Waals surface area contributed by atoms with Crippen LogP contribution in [0.25, 0.3) is 10.9 Å². The van der Waals surface area contributed by atoms with Gasteiger partial charge in [-0.15, -0.1) is 0 Å². The number of nitrogens with zero attached hydrogens (tertiary/aromatic N) is 2. The van der Waals surface area contributed by atoms with E-state index >= 15 is 0 Å². The largest absolute Gasteiger partial charge is 0.394 e. The number of nitrogens with one attached hydrogen (secondary N) is 9. The Hall–Kier alpha value is -6.66. The third-order valence-corrected chi connectivity index (χ3v) is 15.5. The summed E-state index contributed by atoms with van der Waals surface area (Å²) >= 11 is 0. The molecule has 3 aliphatic rings. The van der Waals surface area contributed by atoms with Crippen LogP contribution in [0.3, 0.4) is 0 Å². The Labute approximate surface area is 430 Å². The van der Waals surface area contributed by atoms with Gasteiger partial charge in [0.1, 0.15) is 42.3 Å². The molecule has 2 aromatic carbocycles. The molecule has 12 N–H and O–H groups in total. The second kappa shape index (κ2) is 26.9. The summed E-state index contributed by atoms with van der Waals surface area (Å²) in [5.74, 6) is -5.83. The number of rotatable bonds is 13. The standard InChI is InChI=1S/C49H66N12O10S2/c1-28(63)40-16-9-20-60(40)48(71)41-17-10-21-61(41)47(70)39-27-73-72-22-18-35(54-29(2)64)43(66)58-38(26-62)46(69)56-36(23-30-11-4-3-5-12-30)44(67)55-34(15-8-19-52-49(50)51)42(65)57-37(45(68)59-39)24-31-25-53-33-14-7-6-13-32(31)33/h3-7,11-14,25,34-41,53,62H,8-10,15-24,26-27H2,1-2H3,(H,54,64)(H,55,67)(H,56,69)(H,57,65)(H,58,66)(H,59,68)(H4,50,51,52)/t34-,35-,36+,37-,38-,39-,40-,41-/m0/s1. The lowest BCUT2D eigenvalue weighted by Crippen LogP contribution is -2.61. The maximum absolute atomic E-state index is 14.9. The third-order valence-electron chi connectivity index (χ3n) is 13.0. The highest BCUT2D eigenvalue weighted by Gasteiger charge is 2.43. The molecular formula is C49H66N12O10S2. The summed E-state index contributed by atoms with van der Waals surface area (Å²) in [7, 11) is 2.43. The summed E-state index contributed by atoms with van der Waals surface area (Å²) in [5.41, 5.74) is 7.56. The molecule has 0 spiro atoms. The molecule has 3 aromatic rings. The van der Waals surface area contributed by atoms with Crippen LogP contribution in [0.15, 0.2) is 60.8 Å². The minimum Gasteiger partial charge on any atom is -0.394 e. The topological polar surface area (TPSA) is 330 Å². The third kappa shape index (κ3) is 15.4. The lowest BCUT2D eigenvalue weighted by Gasteiger charge is -2.33. The average Bonchev–Trinajstić information content (AvgIpc) is 4.16. The van der Waals surface area contributed by atoms with Gasteiger partial charge in [-0.2, -0.15) is 0 Å². The monoisotopic (exact) mass is 1050 g/mol. The molecule has 24 heteroatoms. The van der Waals surface area contributed by atoms with Crippen LogP contribution < -0.4 is 43.0 Å². The summed E-state index contributed by atoms with van der Waals surface area (Å²) < 4.78 is 0. The van der Waals surface area contributed by atoms with Crippen LogP contribution in [-0.4, -0.2) is 165 Å². The Morgan fingerprint density at radius 3 is 2.01 bits per heavy atom. The molecule has 3 saturated heterocycles. The first kappa shape index (κ1) is 55.7. The van der Waals surface area contributed by atoms with Crippen LogP contribution in [0.2, 0.25) is 0 Å². The second-order valence-electron chi connectivity index (χ2n) is 18.4. The zero-order valence-electron chi connectivity index (χ0n) is 40.9. The van der Waals surface area contributed by atoms with Crippen molar-refractivity contribution in [2.45, 2.75) is 120 Å². The Morgan fingerprint density at radius 1 is 0.726 bits per heavy atom. The number of carbonyl (C=O) groups is 9. The van der Waals surface area contributed by atoms with E-state index in [4.69, 9.17) is 11.1 Å². The number of aromatic amines is 1. The van der Waals surface area contributed by atoms with Crippen molar-refractivity contribution < 1.29 is 48.3 Å². The molecule has 4 heterocycles. The number of guanidine groups is 1. The quantitative estimate of drug-likeness (QED) is 0.0445. The van der Waals surface area contributed by atoms with E-state index < -0.39 is 96.3 Å². The number of aliphatic hydroxyl groups is 1. The van der Waals surface area contributed by atoms with Crippen LogP contribution in [0.4, 0.5) is 0 Å². The SMILES string of the molecule is CC(=O)N[C@H]1CCSSC[C@@H](C(=O)N2CCC[C@H]2C(=O)N2CCC[C@H]2C(C)=O)NC(=O)[C@H](Cc2c[nH]c3ccccc23)NC(=O)[C@H](CCCNC(=N)N)NC(=O)[C@@H](Cc2ccccc2)NC(=O)[C@H](CO)NC1=O. The lowest BCUT2D eigenvalue weighted by molar-refractivity contribution is -0.147. The molecule has 3 fully saturated rings. The van der Waals surface area contributed by atoms with E-state index in [-0.39, 0.29) is 74.3 Å². The minimum atomic E-state index is -1.57. The van der Waals surface area contributed by atoms with Crippen LogP contribution in [0.1, 0.15) is 69.9 Å². The molecule has 0 bridgehead atoms. The summed E-state index contributed by atoms with van der Waals surface area (Å²) in [6.45, 7) is 2.48. The van der Waals surface area contributed by atoms with Crippen molar-refractivity contribution in [1.29, 1.82) is 5.41 Å². The number of hydrogen-bond acceptors (Lipinski definition) is 13. The number of benzene rings is 2. The number of ketones is 1. The Kier molecular flexibility index (Phi) is 20.5. The average molecular weight is 1050 g/mol. The zero-order valence-corrected chi connectivity index (χ0v) is 42.5. The number of amides is 8. The fourth-order valence-corrected chi connectivity index (χ4v) is 11.6. The van der Waals surface area contributed by atoms with Gasteiger partial charge >= 0.3 is 0 Å². The van der Waals surface area contributed by atoms with Gasteiger partial charge in [-0.25, -0.2) is 0 Å². The van der Waals surface area contributed by atoms with Crippen LogP contribution in [0.5, 0.6) is 0 Å². The maximum atomic E-state index is 14.9. The maximum Gasteiger partial charge on any atom is 0.246 e. The molecule has 22 nitrogen and oxygen atoms in total. The zero-order chi connectivity index (χ0) is 52.6. The van der Waals surface area contributed by atoms with Crippen LogP contribution in [-0.2, 0) is 56.0 Å². The van der Waals surface area contributed by atoms with E-state index in [0.717, 1.165) is 10.9 Å². The number of nitrogens with two attached hydrogens (primary N) is 1. The fourth-order valence-electron chi connectivity index (χ4n) is 9.30. The van der Waals surface area contributed by atoms with E-state index in [1.807, 2.05) is 24.3 Å². The number of H-pyrrole nitrogens is 1. The van der Waals surface area contributed by atoms with Crippen molar-refractivity contribution in [2.75, 3.05) is 37.7 Å². The summed E-state index contributed by atoms with van der Waals surface area (Å²) in [6.07, 6.45) is 3.72. The van der Waals surface area contributed by atoms with E-state index in [0.29, 0.717) is 43.4 Å². The number of aliphatic hydroxyl groups excluding tert-OH is 1. The molecule has 1 aromatic heterocycles. The molecule has 394 valence electrons. The number of para-hydroxylation sites is 1. The highest BCUT2D eigenvalue weighted by Crippen LogP contribution is 2.29. The molecule has 73 heavy (non-hydrogen) atoms. The number of aromatic nitrogens is 1. The molecule has 8 amide bonds. The highest BCUT2D eigenvalue weighted by molar-refractivity contribution is 8.76.